The Kier molecular flexibility index (Phi) is 2.55. The van der Waals surface area contributed by atoms with Gasteiger partial charge >= 0.3 is 0 Å². The molecule has 0 spiro atoms. The molecular formula is C21H28. The molecule has 21 heavy (non-hydrogen) atoms. The lowest BCUT2D eigenvalue weighted by molar-refractivity contribution is 0.589. The maximum atomic E-state index is 8.03. The Morgan fingerprint density at radius 1 is 0.905 bits per heavy atom. The Labute approximate surface area is 138 Å². The topological polar surface area (TPSA) is 0 Å². The van der Waals surface area contributed by atoms with Crippen LogP contribution in [0.5, 0.6) is 0 Å². The number of benzene rings is 2. The Morgan fingerprint density at radius 2 is 1.43 bits per heavy atom. The van der Waals surface area contributed by atoms with Gasteiger partial charge in [-0.1, -0.05) is 71.0 Å². The van der Waals surface area contributed by atoms with Crippen LogP contribution in [0.4, 0.5) is 0 Å². The lowest BCUT2D eigenvalue weighted by Gasteiger charge is -2.22. The highest BCUT2D eigenvalue weighted by molar-refractivity contribution is 5.71. The van der Waals surface area contributed by atoms with E-state index in [0.717, 1.165) is 5.56 Å². The van der Waals surface area contributed by atoms with Crippen LogP contribution < -0.4 is 0 Å². The van der Waals surface area contributed by atoms with Crippen LogP contribution >= 0.6 is 0 Å². The van der Waals surface area contributed by atoms with Crippen molar-refractivity contribution in [2.75, 3.05) is 0 Å². The van der Waals surface area contributed by atoms with Gasteiger partial charge in [0.15, 0.2) is 0 Å². The molecule has 2 aromatic rings. The van der Waals surface area contributed by atoms with Crippen LogP contribution in [0.15, 0.2) is 36.4 Å². The van der Waals surface area contributed by atoms with Gasteiger partial charge in [-0.25, -0.2) is 0 Å². The number of hydrogen-bond donors (Lipinski definition) is 0. The zero-order valence-electron chi connectivity index (χ0n) is 19.5. The van der Waals surface area contributed by atoms with Gasteiger partial charge in [0, 0.05) is 8.22 Å². The summed E-state index contributed by atoms with van der Waals surface area (Å²) in [5.74, 6) is 0.339. The normalized spacial score (nSPS) is 17.4. The van der Waals surface area contributed by atoms with E-state index in [0.29, 0.717) is 22.6 Å². The summed E-state index contributed by atoms with van der Waals surface area (Å²) < 4.78 is 48.2. The van der Waals surface area contributed by atoms with E-state index >= 15 is 0 Å². The molecule has 0 heteroatoms. The molecular weight excluding hydrogens is 252 g/mol. The summed E-state index contributed by atoms with van der Waals surface area (Å²) in [6, 6.07) is 10.8. The third kappa shape index (κ3) is 3.37. The molecule has 0 aliphatic rings. The Balaban J connectivity index is 2.88. The summed E-state index contributed by atoms with van der Waals surface area (Å²) in [5.41, 5.74) is 2.59. The van der Waals surface area contributed by atoms with Crippen molar-refractivity contribution < 1.29 is 8.22 Å². The zero-order valence-corrected chi connectivity index (χ0v) is 13.5. The number of aryl methyl sites for hydroxylation is 2. The molecule has 0 saturated carbocycles. The van der Waals surface area contributed by atoms with E-state index in [2.05, 4.69) is 13.8 Å². The second kappa shape index (κ2) is 5.67. The fourth-order valence-corrected chi connectivity index (χ4v) is 2.42. The van der Waals surface area contributed by atoms with E-state index < -0.39 is 13.7 Å². The average molecular weight is 286 g/mol. The molecule has 0 radical (unpaired) electrons. The van der Waals surface area contributed by atoms with Crippen LogP contribution in [-0.4, -0.2) is 0 Å². The predicted molar refractivity (Wildman–Crippen MR) is 94.1 cm³/mol. The molecule has 0 saturated heterocycles. The van der Waals surface area contributed by atoms with E-state index in [1.807, 2.05) is 45.0 Å². The zero-order chi connectivity index (χ0) is 20.8. The van der Waals surface area contributed by atoms with Gasteiger partial charge in [-0.15, -0.1) is 0 Å². The van der Waals surface area contributed by atoms with E-state index in [-0.39, 0.29) is 16.5 Å². The summed E-state index contributed by atoms with van der Waals surface area (Å²) in [5, 5.41) is 0. The Bertz CT molecular complexity index is 768. The highest BCUT2D eigenvalue weighted by Gasteiger charge is 2.16. The number of hydrogen-bond acceptors (Lipinski definition) is 0. The van der Waals surface area contributed by atoms with E-state index in [9.17, 15) is 0 Å². The highest BCUT2D eigenvalue weighted by Crippen LogP contribution is 2.33. The van der Waals surface area contributed by atoms with Crippen molar-refractivity contribution >= 4 is 0 Å². The van der Waals surface area contributed by atoms with Crippen molar-refractivity contribution in [3.63, 3.8) is 0 Å². The quantitative estimate of drug-likeness (QED) is 0.600. The van der Waals surface area contributed by atoms with E-state index in [4.69, 9.17) is 8.22 Å². The molecule has 0 aliphatic heterocycles. The van der Waals surface area contributed by atoms with Gasteiger partial charge in [0.25, 0.3) is 0 Å². The molecule has 0 heterocycles. The predicted octanol–water partition coefficient (Wildman–Crippen LogP) is 6.39. The van der Waals surface area contributed by atoms with E-state index in [1.54, 1.807) is 12.1 Å². The molecule has 0 bridgehead atoms. The fourth-order valence-electron chi connectivity index (χ4n) is 2.42. The van der Waals surface area contributed by atoms with Crippen LogP contribution in [0, 0.1) is 13.7 Å². The lowest BCUT2D eigenvalue weighted by atomic mass is 9.82. The second-order valence-electron chi connectivity index (χ2n) is 6.97. The summed E-state index contributed by atoms with van der Waals surface area (Å²) in [7, 11) is 0. The molecule has 2 rings (SSSR count). The smallest absolute Gasteiger partial charge is 0.0280 e. The van der Waals surface area contributed by atoms with Crippen molar-refractivity contribution in [2.24, 2.45) is 0 Å². The minimum atomic E-state index is -2.41. The van der Waals surface area contributed by atoms with Gasteiger partial charge in [0.1, 0.15) is 0 Å². The van der Waals surface area contributed by atoms with Crippen molar-refractivity contribution in [3.8, 4) is 11.1 Å². The second-order valence-corrected chi connectivity index (χ2v) is 6.97. The molecule has 0 atom stereocenters. The van der Waals surface area contributed by atoms with Gasteiger partial charge in [-0.05, 0) is 58.4 Å². The summed E-state index contributed by atoms with van der Waals surface area (Å²) in [4.78, 5) is 0. The monoisotopic (exact) mass is 286 g/mol. The highest BCUT2D eigenvalue weighted by atomic mass is 14.2. The van der Waals surface area contributed by atoms with Gasteiger partial charge in [-0.3, -0.25) is 0 Å². The maximum Gasteiger partial charge on any atom is 0.0280 e. The Morgan fingerprint density at radius 3 is 1.81 bits per heavy atom. The lowest BCUT2D eigenvalue weighted by Crippen LogP contribution is -2.12. The van der Waals surface area contributed by atoms with Crippen molar-refractivity contribution in [1.29, 1.82) is 0 Å². The molecule has 2 aromatic carbocycles. The summed E-state index contributed by atoms with van der Waals surface area (Å²) >= 11 is 0. The van der Waals surface area contributed by atoms with Gasteiger partial charge < -0.3 is 0 Å². The van der Waals surface area contributed by atoms with Crippen LogP contribution in [0.25, 0.3) is 11.1 Å². The standard InChI is InChI=1S/C21H28/c1-14(2)17-8-10-18(11-9-17)20-15(3)12-19(13-16(20)4)21(5,6)7/h8-14H,1-7H3/i3D3,4D3. The third-order valence-corrected chi connectivity index (χ3v) is 3.87. The fraction of sp³-hybridized carbons (Fsp3) is 0.429. The van der Waals surface area contributed by atoms with Crippen molar-refractivity contribution in [1.82, 2.24) is 0 Å². The molecule has 0 unspecified atom stereocenters. The first kappa shape index (κ1) is 9.46. The van der Waals surface area contributed by atoms with Gasteiger partial charge in [0.2, 0.25) is 0 Å². The minimum absolute atomic E-state index is 0.0957. The molecule has 112 valence electrons. The number of rotatable bonds is 2. The molecule has 0 aliphatic carbocycles. The molecule has 0 nitrogen and oxygen atoms in total. The van der Waals surface area contributed by atoms with Gasteiger partial charge in [0.05, 0.1) is 0 Å². The van der Waals surface area contributed by atoms with Crippen molar-refractivity contribution in [2.45, 2.75) is 59.7 Å². The molecule has 0 amide bonds. The minimum Gasteiger partial charge on any atom is -0.0587 e. The van der Waals surface area contributed by atoms with Crippen LogP contribution in [-0.2, 0) is 5.41 Å². The van der Waals surface area contributed by atoms with Crippen molar-refractivity contribution in [3.05, 3.63) is 58.7 Å². The van der Waals surface area contributed by atoms with E-state index in [1.165, 1.54) is 0 Å². The molecule has 0 N–H and O–H groups in total. The largest absolute Gasteiger partial charge is 0.0587 e. The first-order valence-electron chi connectivity index (χ1n) is 10.4. The first-order chi connectivity index (χ1) is 12.1. The molecule has 0 aromatic heterocycles. The van der Waals surface area contributed by atoms with Crippen LogP contribution in [0.2, 0.25) is 0 Å². The average Bonchev–Trinajstić information content (AvgIpc) is 2.51. The first-order valence-corrected chi connectivity index (χ1v) is 7.42. The third-order valence-electron chi connectivity index (χ3n) is 3.87. The summed E-state index contributed by atoms with van der Waals surface area (Å²) in [6.07, 6.45) is 0. The van der Waals surface area contributed by atoms with Gasteiger partial charge in [-0.2, -0.15) is 0 Å². The van der Waals surface area contributed by atoms with Crippen LogP contribution in [0.1, 0.15) is 71.0 Å². The SMILES string of the molecule is [2H]C([2H])([2H])c1cc(C(C)(C)C)cc(C([2H])([2H])[2H])c1-c1ccc(C(C)C)cc1. The van der Waals surface area contributed by atoms with Crippen LogP contribution in [0.3, 0.4) is 0 Å². The summed E-state index contributed by atoms with van der Waals surface area (Å²) in [6.45, 7) is 5.19. The maximum absolute atomic E-state index is 8.03. The Hall–Kier alpha value is -1.56. The molecule has 0 fully saturated rings.